The molecular formula is C43H29N5. The first-order valence-corrected chi connectivity index (χ1v) is 16.0. The maximum atomic E-state index is 5.03. The summed E-state index contributed by atoms with van der Waals surface area (Å²) in [5.41, 5.74) is 12.5. The van der Waals surface area contributed by atoms with Gasteiger partial charge in [0.15, 0.2) is 0 Å². The summed E-state index contributed by atoms with van der Waals surface area (Å²) in [7, 11) is 0. The van der Waals surface area contributed by atoms with Gasteiger partial charge < -0.3 is 4.90 Å². The summed E-state index contributed by atoms with van der Waals surface area (Å²) < 4.78 is 2.17. The van der Waals surface area contributed by atoms with E-state index < -0.39 is 0 Å². The van der Waals surface area contributed by atoms with Gasteiger partial charge in [-0.1, -0.05) is 91.0 Å². The molecule has 0 aliphatic heterocycles. The van der Waals surface area contributed by atoms with Crippen LogP contribution in [0.2, 0.25) is 0 Å². The lowest BCUT2D eigenvalue weighted by Gasteiger charge is -2.26. The van der Waals surface area contributed by atoms with Crippen molar-refractivity contribution in [3.05, 3.63) is 176 Å². The van der Waals surface area contributed by atoms with E-state index in [4.69, 9.17) is 9.97 Å². The highest BCUT2D eigenvalue weighted by Gasteiger charge is 2.18. The van der Waals surface area contributed by atoms with Crippen molar-refractivity contribution in [1.29, 1.82) is 0 Å². The van der Waals surface area contributed by atoms with Gasteiger partial charge in [0.1, 0.15) is 5.65 Å². The van der Waals surface area contributed by atoms with Gasteiger partial charge in [0.2, 0.25) is 0 Å². The third kappa shape index (κ3) is 4.77. The second-order valence-electron chi connectivity index (χ2n) is 11.8. The number of para-hydroxylation sites is 1. The Hall–Kier alpha value is -6.59. The fraction of sp³-hybridized carbons (Fsp3) is 0. The van der Waals surface area contributed by atoms with E-state index in [1.807, 2.05) is 36.7 Å². The molecule has 4 aromatic heterocycles. The van der Waals surface area contributed by atoms with Crippen molar-refractivity contribution in [3.63, 3.8) is 0 Å². The van der Waals surface area contributed by atoms with E-state index in [1.165, 1.54) is 0 Å². The fourth-order valence-electron chi connectivity index (χ4n) is 6.67. The topological polar surface area (TPSA) is 46.3 Å². The molecule has 0 unspecified atom stereocenters. The third-order valence-electron chi connectivity index (χ3n) is 8.89. The predicted octanol–water partition coefficient (Wildman–Crippen LogP) is 10.9. The summed E-state index contributed by atoms with van der Waals surface area (Å²) in [6.07, 6.45) is 5.75. The van der Waals surface area contributed by atoms with Crippen LogP contribution in [0, 0.1) is 0 Å². The Morgan fingerprint density at radius 3 is 1.85 bits per heavy atom. The number of anilines is 3. The van der Waals surface area contributed by atoms with Crippen molar-refractivity contribution < 1.29 is 0 Å². The average molecular weight is 616 g/mol. The van der Waals surface area contributed by atoms with Crippen LogP contribution in [0.25, 0.3) is 61.1 Å². The Kier molecular flexibility index (Phi) is 6.72. The quantitative estimate of drug-likeness (QED) is 0.175. The zero-order chi connectivity index (χ0) is 31.9. The van der Waals surface area contributed by atoms with Gasteiger partial charge in [0.05, 0.1) is 22.4 Å². The molecule has 0 saturated heterocycles. The number of hydrogen-bond acceptors (Lipinski definition) is 4. The number of fused-ring (bicyclic) bond motifs is 4. The molecule has 5 heteroatoms. The van der Waals surface area contributed by atoms with Crippen molar-refractivity contribution in [1.82, 2.24) is 19.4 Å². The molecule has 5 nitrogen and oxygen atoms in total. The van der Waals surface area contributed by atoms with Crippen LogP contribution in [0.1, 0.15) is 0 Å². The zero-order valence-corrected chi connectivity index (χ0v) is 26.0. The maximum Gasteiger partial charge on any atom is 0.137 e. The zero-order valence-electron chi connectivity index (χ0n) is 26.0. The largest absolute Gasteiger partial charge is 0.311 e. The van der Waals surface area contributed by atoms with Crippen molar-refractivity contribution >= 4 is 44.5 Å². The normalized spacial score (nSPS) is 11.3. The van der Waals surface area contributed by atoms with Crippen molar-refractivity contribution in [2.24, 2.45) is 0 Å². The van der Waals surface area contributed by atoms with Crippen LogP contribution in [0.4, 0.5) is 17.1 Å². The molecule has 0 spiro atoms. The van der Waals surface area contributed by atoms with Crippen molar-refractivity contribution in [3.8, 4) is 33.6 Å². The number of benzene rings is 5. The molecule has 0 N–H and O–H groups in total. The Morgan fingerprint density at radius 2 is 1.10 bits per heavy atom. The van der Waals surface area contributed by atoms with Crippen LogP contribution < -0.4 is 4.90 Å². The first-order valence-electron chi connectivity index (χ1n) is 16.0. The van der Waals surface area contributed by atoms with E-state index in [-0.39, 0.29) is 0 Å². The lowest BCUT2D eigenvalue weighted by molar-refractivity contribution is 1.19. The molecule has 4 heterocycles. The molecule has 0 atom stereocenters. The third-order valence-corrected chi connectivity index (χ3v) is 8.89. The number of hydrogen-bond donors (Lipinski definition) is 0. The maximum absolute atomic E-state index is 5.03. The van der Waals surface area contributed by atoms with Gasteiger partial charge in [-0.25, -0.2) is 4.98 Å². The molecular weight excluding hydrogens is 587 g/mol. The molecule has 9 aromatic rings. The Labute approximate surface area is 278 Å². The number of aromatic nitrogens is 4. The van der Waals surface area contributed by atoms with Crippen LogP contribution in [0.3, 0.4) is 0 Å². The van der Waals surface area contributed by atoms with Gasteiger partial charge in [-0.15, -0.1) is 0 Å². The Morgan fingerprint density at radius 1 is 0.479 bits per heavy atom. The minimum Gasteiger partial charge on any atom is -0.311 e. The molecule has 0 aliphatic carbocycles. The van der Waals surface area contributed by atoms with Crippen LogP contribution in [-0.2, 0) is 0 Å². The summed E-state index contributed by atoms with van der Waals surface area (Å²) in [6.45, 7) is 0. The summed E-state index contributed by atoms with van der Waals surface area (Å²) in [4.78, 5) is 16.7. The summed E-state index contributed by atoms with van der Waals surface area (Å²) in [5.74, 6) is 0. The van der Waals surface area contributed by atoms with E-state index in [1.54, 1.807) is 0 Å². The summed E-state index contributed by atoms with van der Waals surface area (Å²) in [5, 5.41) is 2.17. The molecule has 0 bridgehead atoms. The number of imidazole rings is 1. The minimum atomic E-state index is 0.919. The van der Waals surface area contributed by atoms with Crippen molar-refractivity contribution in [2.45, 2.75) is 0 Å². The molecule has 9 rings (SSSR count). The SMILES string of the molecule is c1ccc(-c2nc3ccccn3c2-c2ccc(N(c3ccccc3)c3ccc(-c4cc5cccnc5c5ncccc45)cc3)cc2)cc1. The number of nitrogens with zero attached hydrogens (tertiary/aromatic N) is 5. The van der Waals surface area contributed by atoms with Gasteiger partial charge in [0.25, 0.3) is 0 Å². The highest BCUT2D eigenvalue weighted by atomic mass is 15.1. The highest BCUT2D eigenvalue weighted by Crippen LogP contribution is 2.39. The number of pyridine rings is 3. The summed E-state index contributed by atoms with van der Waals surface area (Å²) in [6, 6.07) is 55.1. The minimum absolute atomic E-state index is 0.919. The molecule has 226 valence electrons. The smallest absolute Gasteiger partial charge is 0.137 e. The Balaban J connectivity index is 1.13. The van der Waals surface area contributed by atoms with Crippen LogP contribution >= 0.6 is 0 Å². The van der Waals surface area contributed by atoms with Gasteiger partial charge in [-0.2, -0.15) is 0 Å². The van der Waals surface area contributed by atoms with E-state index in [2.05, 4.69) is 154 Å². The van der Waals surface area contributed by atoms with Gasteiger partial charge in [-0.05, 0) is 77.9 Å². The average Bonchev–Trinajstić information content (AvgIpc) is 3.56. The van der Waals surface area contributed by atoms with Crippen LogP contribution in [0.15, 0.2) is 176 Å². The highest BCUT2D eigenvalue weighted by molar-refractivity contribution is 6.10. The van der Waals surface area contributed by atoms with E-state index in [9.17, 15) is 0 Å². The first-order chi connectivity index (χ1) is 23.8. The lowest BCUT2D eigenvalue weighted by Crippen LogP contribution is -2.09. The molecule has 48 heavy (non-hydrogen) atoms. The van der Waals surface area contributed by atoms with Gasteiger partial charge >= 0.3 is 0 Å². The molecule has 0 amide bonds. The second-order valence-corrected chi connectivity index (χ2v) is 11.8. The first kappa shape index (κ1) is 27.7. The molecule has 5 aromatic carbocycles. The standard InChI is InChI=1S/C43H29N5/c1-3-11-31(12-4-1)41-43(47-28-8-7-17-39(47)46-41)32-20-24-36(25-21-32)48(34-14-5-2-6-15-34)35-22-18-30(19-23-35)38-29-33-13-9-26-44-40(33)42-37(38)16-10-27-45-42/h1-29H. The number of rotatable bonds is 6. The lowest BCUT2D eigenvalue weighted by atomic mass is 9.97. The van der Waals surface area contributed by atoms with Crippen LogP contribution in [0.5, 0.6) is 0 Å². The molecule has 0 saturated carbocycles. The monoisotopic (exact) mass is 615 g/mol. The Bertz CT molecular complexity index is 2540. The molecule has 0 aliphatic rings. The van der Waals surface area contributed by atoms with Gasteiger partial charge in [-0.3, -0.25) is 14.4 Å². The van der Waals surface area contributed by atoms with E-state index >= 15 is 0 Å². The predicted molar refractivity (Wildman–Crippen MR) is 197 cm³/mol. The second kappa shape index (κ2) is 11.6. The fourth-order valence-corrected chi connectivity index (χ4v) is 6.67. The van der Waals surface area contributed by atoms with E-state index in [0.717, 1.165) is 78.2 Å². The molecule has 0 radical (unpaired) electrons. The summed E-state index contributed by atoms with van der Waals surface area (Å²) >= 11 is 0. The van der Waals surface area contributed by atoms with E-state index in [0.29, 0.717) is 0 Å². The molecule has 0 fully saturated rings. The van der Waals surface area contributed by atoms with Crippen molar-refractivity contribution in [2.75, 3.05) is 4.90 Å². The van der Waals surface area contributed by atoms with Gasteiger partial charge in [0, 0.05) is 57.6 Å². The van der Waals surface area contributed by atoms with Crippen LogP contribution in [-0.4, -0.2) is 19.4 Å².